The maximum absolute atomic E-state index is 11.3. The predicted molar refractivity (Wildman–Crippen MR) is 109 cm³/mol. The first-order chi connectivity index (χ1) is 13.7. The topological polar surface area (TPSA) is 71.5 Å². The Kier molecular flexibility index (Phi) is 4.89. The van der Waals surface area contributed by atoms with Crippen LogP contribution in [0.2, 0.25) is 0 Å². The number of aromatic carboxylic acids is 1. The summed E-state index contributed by atoms with van der Waals surface area (Å²) in [4.78, 5) is 15.9. The van der Waals surface area contributed by atoms with Crippen LogP contribution in [0.1, 0.15) is 16.1 Å². The highest BCUT2D eigenvalue weighted by atomic mass is 16.5. The summed E-state index contributed by atoms with van der Waals surface area (Å²) in [6, 6.07) is 26.1. The molecule has 0 aliphatic heterocycles. The lowest BCUT2D eigenvalue weighted by atomic mass is 10.1. The van der Waals surface area contributed by atoms with E-state index < -0.39 is 5.97 Å². The summed E-state index contributed by atoms with van der Waals surface area (Å²) in [6.45, 7) is 0.374. The Morgan fingerprint density at radius 2 is 1.64 bits per heavy atom. The predicted octanol–water partition coefficient (Wildman–Crippen LogP) is 5.26. The molecule has 0 bridgehead atoms. The number of benzene rings is 3. The minimum atomic E-state index is -0.967. The Balaban J connectivity index is 1.42. The standard InChI is InChI=1S/C23H18N2O3/c26-23(27)20-6-2-4-8-22(20)24-17-11-13-19(14-12-17)28-15-18-10-9-16-5-1-3-7-21(16)25-18/h1-14,24H,15H2,(H,26,27). The summed E-state index contributed by atoms with van der Waals surface area (Å²) in [7, 11) is 0. The molecule has 1 heterocycles. The maximum atomic E-state index is 11.3. The zero-order valence-corrected chi connectivity index (χ0v) is 15.0. The van der Waals surface area contributed by atoms with Gasteiger partial charge in [-0.25, -0.2) is 9.78 Å². The summed E-state index contributed by atoms with van der Waals surface area (Å²) >= 11 is 0. The van der Waals surface area contributed by atoms with Gasteiger partial charge in [0.1, 0.15) is 12.4 Å². The average molecular weight is 370 g/mol. The Morgan fingerprint density at radius 1 is 0.893 bits per heavy atom. The van der Waals surface area contributed by atoms with Crippen molar-refractivity contribution in [3.63, 3.8) is 0 Å². The average Bonchev–Trinajstić information content (AvgIpc) is 2.73. The van der Waals surface area contributed by atoms with E-state index in [1.807, 2.05) is 60.7 Å². The number of carbonyl (C=O) groups is 1. The Morgan fingerprint density at radius 3 is 2.46 bits per heavy atom. The van der Waals surface area contributed by atoms with Crippen molar-refractivity contribution in [2.24, 2.45) is 0 Å². The maximum Gasteiger partial charge on any atom is 0.337 e. The van der Waals surface area contributed by atoms with Crippen molar-refractivity contribution in [1.29, 1.82) is 0 Å². The lowest BCUT2D eigenvalue weighted by Crippen LogP contribution is -2.02. The highest BCUT2D eigenvalue weighted by Crippen LogP contribution is 2.23. The molecule has 5 heteroatoms. The van der Waals surface area contributed by atoms with Gasteiger partial charge in [-0.1, -0.05) is 36.4 Å². The molecule has 3 aromatic carbocycles. The Labute approximate surface area is 162 Å². The van der Waals surface area contributed by atoms with Gasteiger partial charge in [-0.15, -0.1) is 0 Å². The summed E-state index contributed by atoms with van der Waals surface area (Å²) in [5, 5.41) is 13.5. The minimum absolute atomic E-state index is 0.227. The second-order valence-electron chi connectivity index (χ2n) is 6.28. The summed E-state index contributed by atoms with van der Waals surface area (Å²) in [6.07, 6.45) is 0. The van der Waals surface area contributed by atoms with E-state index in [-0.39, 0.29) is 5.56 Å². The van der Waals surface area contributed by atoms with E-state index >= 15 is 0 Å². The largest absolute Gasteiger partial charge is 0.487 e. The fourth-order valence-corrected chi connectivity index (χ4v) is 2.91. The van der Waals surface area contributed by atoms with Crippen molar-refractivity contribution in [2.75, 3.05) is 5.32 Å². The van der Waals surface area contributed by atoms with E-state index in [4.69, 9.17) is 4.74 Å². The molecule has 0 spiro atoms. The fourth-order valence-electron chi connectivity index (χ4n) is 2.91. The molecule has 1 aromatic heterocycles. The van der Waals surface area contributed by atoms with Gasteiger partial charge in [-0.2, -0.15) is 0 Å². The molecular formula is C23H18N2O3. The third-order valence-corrected chi connectivity index (χ3v) is 4.33. The number of nitrogens with zero attached hydrogens (tertiary/aromatic N) is 1. The zero-order valence-electron chi connectivity index (χ0n) is 15.0. The van der Waals surface area contributed by atoms with Gasteiger partial charge in [-0.05, 0) is 48.5 Å². The normalized spacial score (nSPS) is 10.6. The molecule has 0 unspecified atom stereocenters. The third kappa shape index (κ3) is 3.94. The van der Waals surface area contributed by atoms with Gasteiger partial charge in [0.2, 0.25) is 0 Å². The first-order valence-electron chi connectivity index (χ1n) is 8.86. The van der Waals surface area contributed by atoms with Crippen molar-refractivity contribution in [2.45, 2.75) is 6.61 Å². The molecule has 0 radical (unpaired) electrons. The van der Waals surface area contributed by atoms with E-state index in [1.165, 1.54) is 0 Å². The number of ether oxygens (including phenoxy) is 1. The molecule has 0 saturated heterocycles. The van der Waals surface area contributed by atoms with E-state index in [0.29, 0.717) is 18.0 Å². The molecule has 0 aliphatic carbocycles. The number of aromatic nitrogens is 1. The molecule has 28 heavy (non-hydrogen) atoms. The van der Waals surface area contributed by atoms with E-state index in [2.05, 4.69) is 10.3 Å². The van der Waals surface area contributed by atoms with E-state index in [9.17, 15) is 9.90 Å². The van der Waals surface area contributed by atoms with Crippen LogP contribution in [0.4, 0.5) is 11.4 Å². The number of pyridine rings is 1. The van der Waals surface area contributed by atoms with E-state index in [1.54, 1.807) is 24.3 Å². The molecule has 0 atom stereocenters. The molecule has 0 amide bonds. The summed E-state index contributed by atoms with van der Waals surface area (Å²) < 4.78 is 5.82. The zero-order chi connectivity index (χ0) is 19.3. The number of fused-ring (bicyclic) bond motifs is 1. The number of carboxylic acid groups (broad SMARTS) is 1. The second kappa shape index (κ2) is 7.80. The molecule has 0 saturated carbocycles. The van der Waals surface area contributed by atoms with Crippen LogP contribution in [0.5, 0.6) is 5.75 Å². The Bertz CT molecular complexity index is 1120. The molecule has 138 valence electrons. The van der Waals surface area contributed by atoms with Crippen LogP contribution >= 0.6 is 0 Å². The number of para-hydroxylation sites is 2. The van der Waals surface area contributed by atoms with Crippen molar-refractivity contribution in [3.8, 4) is 5.75 Å². The molecular weight excluding hydrogens is 352 g/mol. The van der Waals surface area contributed by atoms with Gasteiger partial charge in [-0.3, -0.25) is 0 Å². The smallest absolute Gasteiger partial charge is 0.337 e. The number of hydrogen-bond acceptors (Lipinski definition) is 4. The number of carboxylic acids is 1. The van der Waals surface area contributed by atoms with E-state index in [0.717, 1.165) is 22.3 Å². The Hall–Kier alpha value is -3.86. The number of rotatable bonds is 6. The molecule has 0 fully saturated rings. The van der Waals surface area contributed by atoms with Crippen molar-refractivity contribution in [3.05, 3.63) is 96.2 Å². The van der Waals surface area contributed by atoms with Crippen LogP contribution in [-0.4, -0.2) is 16.1 Å². The summed E-state index contributed by atoms with van der Waals surface area (Å²) in [5.41, 5.74) is 3.36. The first-order valence-corrected chi connectivity index (χ1v) is 8.86. The minimum Gasteiger partial charge on any atom is -0.487 e. The van der Waals surface area contributed by atoms with Crippen molar-refractivity contribution in [1.82, 2.24) is 4.98 Å². The van der Waals surface area contributed by atoms with Crippen molar-refractivity contribution < 1.29 is 14.6 Å². The molecule has 4 aromatic rings. The lowest BCUT2D eigenvalue weighted by Gasteiger charge is -2.11. The van der Waals surface area contributed by atoms with Crippen LogP contribution in [0.15, 0.2) is 84.9 Å². The number of hydrogen-bond donors (Lipinski definition) is 2. The van der Waals surface area contributed by atoms with Gasteiger partial charge in [0.15, 0.2) is 0 Å². The molecule has 0 aliphatic rings. The van der Waals surface area contributed by atoms with Crippen LogP contribution in [0.3, 0.4) is 0 Å². The van der Waals surface area contributed by atoms with Gasteiger partial charge < -0.3 is 15.2 Å². The number of anilines is 2. The summed E-state index contributed by atoms with van der Waals surface area (Å²) in [5.74, 6) is -0.252. The van der Waals surface area contributed by atoms with Crippen LogP contribution in [0, 0.1) is 0 Å². The van der Waals surface area contributed by atoms with Gasteiger partial charge >= 0.3 is 5.97 Å². The highest BCUT2D eigenvalue weighted by molar-refractivity contribution is 5.95. The first kappa shape index (κ1) is 17.5. The quantitative estimate of drug-likeness (QED) is 0.485. The number of nitrogens with one attached hydrogen (secondary N) is 1. The van der Waals surface area contributed by atoms with Crippen LogP contribution < -0.4 is 10.1 Å². The SMILES string of the molecule is O=C(O)c1ccccc1Nc1ccc(OCc2ccc3ccccc3n2)cc1. The van der Waals surface area contributed by atoms with Crippen LogP contribution in [0.25, 0.3) is 10.9 Å². The second-order valence-corrected chi connectivity index (χ2v) is 6.28. The molecule has 2 N–H and O–H groups in total. The van der Waals surface area contributed by atoms with Gasteiger partial charge in [0, 0.05) is 11.1 Å². The van der Waals surface area contributed by atoms with Gasteiger partial charge in [0.05, 0.1) is 22.5 Å². The molecule has 4 rings (SSSR count). The molecule has 5 nitrogen and oxygen atoms in total. The van der Waals surface area contributed by atoms with Crippen molar-refractivity contribution >= 4 is 28.2 Å². The highest BCUT2D eigenvalue weighted by Gasteiger charge is 2.09. The monoisotopic (exact) mass is 370 g/mol. The van der Waals surface area contributed by atoms with Gasteiger partial charge in [0.25, 0.3) is 0 Å². The fraction of sp³-hybridized carbons (Fsp3) is 0.0435. The lowest BCUT2D eigenvalue weighted by molar-refractivity contribution is 0.0698. The van der Waals surface area contributed by atoms with Crippen LogP contribution in [-0.2, 0) is 6.61 Å². The third-order valence-electron chi connectivity index (χ3n) is 4.33.